The number of aromatic hydroxyl groups is 2. The van der Waals surface area contributed by atoms with Gasteiger partial charge in [-0.15, -0.1) is 0 Å². The lowest BCUT2D eigenvalue weighted by Crippen LogP contribution is -2.25. The number of para-hydroxylation sites is 1. The number of ether oxygens (including phenoxy) is 1. The second-order valence-electron chi connectivity index (χ2n) is 5.03. The molecule has 0 bridgehead atoms. The van der Waals surface area contributed by atoms with E-state index >= 15 is 0 Å². The predicted octanol–water partition coefficient (Wildman–Crippen LogP) is 2.88. The molecule has 1 aliphatic heterocycles. The molecule has 104 valence electrons. The van der Waals surface area contributed by atoms with Gasteiger partial charge >= 0.3 is 0 Å². The molecule has 1 heterocycles. The van der Waals surface area contributed by atoms with Gasteiger partial charge in [0.25, 0.3) is 0 Å². The van der Waals surface area contributed by atoms with Crippen molar-refractivity contribution < 1.29 is 14.9 Å². The first-order valence-electron chi connectivity index (χ1n) is 6.65. The molecule has 0 radical (unpaired) electrons. The SMILES string of the molecule is CC(NC1COc2ccccc21)c1ccc(O)cc1O. The highest BCUT2D eigenvalue weighted by Gasteiger charge is 2.25. The van der Waals surface area contributed by atoms with Crippen LogP contribution >= 0.6 is 0 Å². The van der Waals surface area contributed by atoms with Gasteiger partial charge in [0.05, 0.1) is 6.04 Å². The molecule has 20 heavy (non-hydrogen) atoms. The highest BCUT2D eigenvalue weighted by Crippen LogP contribution is 2.35. The second-order valence-corrected chi connectivity index (χ2v) is 5.03. The molecule has 0 aliphatic carbocycles. The van der Waals surface area contributed by atoms with E-state index in [0.29, 0.717) is 6.61 Å². The van der Waals surface area contributed by atoms with Gasteiger partial charge in [-0.05, 0) is 19.1 Å². The third kappa shape index (κ3) is 2.30. The second kappa shape index (κ2) is 5.06. The number of rotatable bonds is 3. The Hall–Kier alpha value is -2.20. The summed E-state index contributed by atoms with van der Waals surface area (Å²) in [6, 6.07) is 12.7. The first-order valence-corrected chi connectivity index (χ1v) is 6.65. The number of phenolic OH excluding ortho intramolecular Hbond substituents is 2. The van der Waals surface area contributed by atoms with Crippen LogP contribution in [0.2, 0.25) is 0 Å². The minimum Gasteiger partial charge on any atom is -0.508 e. The number of phenols is 2. The summed E-state index contributed by atoms with van der Waals surface area (Å²) in [5.41, 5.74) is 1.89. The molecule has 0 aromatic heterocycles. The van der Waals surface area contributed by atoms with Crippen LogP contribution in [-0.4, -0.2) is 16.8 Å². The van der Waals surface area contributed by atoms with Crippen molar-refractivity contribution in [3.05, 3.63) is 53.6 Å². The van der Waals surface area contributed by atoms with E-state index in [-0.39, 0.29) is 23.6 Å². The minimum absolute atomic E-state index is 0.0460. The molecular weight excluding hydrogens is 254 g/mol. The molecule has 0 amide bonds. The summed E-state index contributed by atoms with van der Waals surface area (Å²) in [6.07, 6.45) is 0. The molecule has 4 nitrogen and oxygen atoms in total. The van der Waals surface area contributed by atoms with Crippen molar-refractivity contribution in [3.63, 3.8) is 0 Å². The summed E-state index contributed by atoms with van der Waals surface area (Å²) >= 11 is 0. The molecule has 0 saturated carbocycles. The summed E-state index contributed by atoms with van der Waals surface area (Å²) < 4.78 is 5.63. The summed E-state index contributed by atoms with van der Waals surface area (Å²) in [5, 5.41) is 22.7. The highest BCUT2D eigenvalue weighted by atomic mass is 16.5. The van der Waals surface area contributed by atoms with Gasteiger partial charge in [-0.25, -0.2) is 0 Å². The number of benzene rings is 2. The number of fused-ring (bicyclic) bond motifs is 1. The van der Waals surface area contributed by atoms with Gasteiger partial charge in [-0.2, -0.15) is 0 Å². The maximum Gasteiger partial charge on any atom is 0.124 e. The molecule has 0 fully saturated rings. The van der Waals surface area contributed by atoms with E-state index in [4.69, 9.17) is 4.74 Å². The lowest BCUT2D eigenvalue weighted by Gasteiger charge is -2.20. The van der Waals surface area contributed by atoms with Gasteiger partial charge in [-0.1, -0.05) is 24.3 Å². The Bertz CT molecular complexity index is 627. The summed E-state index contributed by atoms with van der Waals surface area (Å²) in [7, 11) is 0. The Morgan fingerprint density at radius 2 is 2.00 bits per heavy atom. The first kappa shape index (κ1) is 12.8. The zero-order chi connectivity index (χ0) is 14.1. The Morgan fingerprint density at radius 3 is 2.80 bits per heavy atom. The summed E-state index contributed by atoms with van der Waals surface area (Å²) in [4.78, 5) is 0. The van der Waals surface area contributed by atoms with Crippen molar-refractivity contribution in [2.75, 3.05) is 6.61 Å². The average Bonchev–Trinajstić information content (AvgIpc) is 2.82. The Kier molecular flexibility index (Phi) is 3.24. The van der Waals surface area contributed by atoms with E-state index < -0.39 is 0 Å². The van der Waals surface area contributed by atoms with Crippen LogP contribution in [0, 0.1) is 0 Å². The molecule has 2 aromatic carbocycles. The highest BCUT2D eigenvalue weighted by molar-refractivity contribution is 5.42. The standard InChI is InChI=1S/C16H17NO3/c1-10(12-7-6-11(18)8-15(12)19)17-14-9-20-16-5-3-2-4-13(14)16/h2-8,10,14,17-19H,9H2,1H3. The van der Waals surface area contributed by atoms with Gasteiger partial charge in [0.15, 0.2) is 0 Å². The summed E-state index contributed by atoms with van der Waals surface area (Å²) in [5.74, 6) is 1.07. The van der Waals surface area contributed by atoms with Crippen molar-refractivity contribution in [2.24, 2.45) is 0 Å². The zero-order valence-corrected chi connectivity index (χ0v) is 11.2. The summed E-state index contributed by atoms with van der Waals surface area (Å²) in [6.45, 7) is 2.57. The van der Waals surface area contributed by atoms with Crippen LogP contribution in [0.15, 0.2) is 42.5 Å². The number of nitrogens with one attached hydrogen (secondary N) is 1. The van der Waals surface area contributed by atoms with Crippen LogP contribution < -0.4 is 10.1 Å². The van der Waals surface area contributed by atoms with Gasteiger partial charge in [0, 0.05) is 23.2 Å². The molecule has 3 rings (SSSR count). The van der Waals surface area contributed by atoms with Crippen LogP contribution in [0.4, 0.5) is 0 Å². The van der Waals surface area contributed by atoms with E-state index in [1.54, 1.807) is 12.1 Å². The van der Waals surface area contributed by atoms with Crippen LogP contribution in [0.1, 0.15) is 30.1 Å². The molecule has 0 spiro atoms. The van der Waals surface area contributed by atoms with Crippen molar-refractivity contribution in [3.8, 4) is 17.2 Å². The molecule has 4 heteroatoms. The molecule has 2 atom stereocenters. The topological polar surface area (TPSA) is 61.7 Å². The molecule has 2 aromatic rings. The minimum atomic E-state index is -0.0460. The van der Waals surface area contributed by atoms with Crippen LogP contribution in [0.25, 0.3) is 0 Å². The van der Waals surface area contributed by atoms with Crippen molar-refractivity contribution in [1.82, 2.24) is 5.32 Å². The largest absolute Gasteiger partial charge is 0.508 e. The molecule has 2 unspecified atom stereocenters. The fourth-order valence-corrected chi connectivity index (χ4v) is 2.59. The lowest BCUT2D eigenvalue weighted by molar-refractivity contribution is 0.299. The Labute approximate surface area is 117 Å². The molecule has 0 saturated heterocycles. The van der Waals surface area contributed by atoms with Crippen LogP contribution in [0.5, 0.6) is 17.2 Å². The monoisotopic (exact) mass is 271 g/mol. The van der Waals surface area contributed by atoms with Crippen LogP contribution in [0.3, 0.4) is 0 Å². The Balaban J connectivity index is 1.79. The smallest absolute Gasteiger partial charge is 0.124 e. The quantitative estimate of drug-likeness (QED) is 0.803. The maximum absolute atomic E-state index is 9.90. The zero-order valence-electron chi connectivity index (χ0n) is 11.2. The number of hydrogen-bond acceptors (Lipinski definition) is 4. The van der Waals surface area contributed by atoms with E-state index in [0.717, 1.165) is 16.9 Å². The molecule has 1 aliphatic rings. The van der Waals surface area contributed by atoms with E-state index in [9.17, 15) is 10.2 Å². The first-order chi connectivity index (χ1) is 9.65. The number of hydrogen-bond donors (Lipinski definition) is 3. The van der Waals surface area contributed by atoms with Crippen molar-refractivity contribution in [1.29, 1.82) is 0 Å². The fraction of sp³-hybridized carbons (Fsp3) is 0.250. The predicted molar refractivity (Wildman–Crippen MR) is 76.0 cm³/mol. The van der Waals surface area contributed by atoms with Gasteiger partial charge in [-0.3, -0.25) is 0 Å². The lowest BCUT2D eigenvalue weighted by atomic mass is 10.0. The van der Waals surface area contributed by atoms with Gasteiger partial charge in [0.1, 0.15) is 23.9 Å². The van der Waals surface area contributed by atoms with Crippen molar-refractivity contribution in [2.45, 2.75) is 19.0 Å². The normalized spacial score (nSPS) is 18.4. The van der Waals surface area contributed by atoms with Gasteiger partial charge < -0.3 is 20.3 Å². The maximum atomic E-state index is 9.90. The average molecular weight is 271 g/mol. The fourth-order valence-electron chi connectivity index (χ4n) is 2.59. The molecular formula is C16H17NO3. The van der Waals surface area contributed by atoms with E-state index in [2.05, 4.69) is 5.32 Å². The third-order valence-electron chi connectivity index (χ3n) is 3.63. The Morgan fingerprint density at radius 1 is 1.20 bits per heavy atom. The third-order valence-corrected chi connectivity index (χ3v) is 3.63. The van der Waals surface area contributed by atoms with E-state index in [1.807, 2.05) is 31.2 Å². The van der Waals surface area contributed by atoms with E-state index in [1.165, 1.54) is 6.07 Å². The van der Waals surface area contributed by atoms with Gasteiger partial charge in [0.2, 0.25) is 0 Å². The molecule has 3 N–H and O–H groups in total. The van der Waals surface area contributed by atoms with Crippen LogP contribution in [-0.2, 0) is 0 Å². The van der Waals surface area contributed by atoms with Crippen molar-refractivity contribution >= 4 is 0 Å².